The van der Waals surface area contributed by atoms with Crippen molar-refractivity contribution < 1.29 is 34.0 Å². The van der Waals surface area contributed by atoms with E-state index in [0.29, 0.717) is 18.8 Å². The molecule has 1 heterocycles. The zero-order chi connectivity index (χ0) is 24.1. The first-order valence-electron chi connectivity index (χ1n) is 12.0. The molecule has 3 unspecified atom stereocenters. The fraction of sp³-hybridized carbons (Fsp3) is 0.917. The average Bonchev–Trinajstić information content (AvgIpc) is 2.97. The number of ether oxygens (including phenoxy) is 3. The summed E-state index contributed by atoms with van der Waals surface area (Å²) < 4.78 is 16.9. The first kappa shape index (κ1) is 26.9. The van der Waals surface area contributed by atoms with Crippen molar-refractivity contribution in [3.05, 3.63) is 0 Å². The molecule has 0 aromatic carbocycles. The number of carbonyl (C=O) groups excluding carboxylic acids is 2. The van der Waals surface area contributed by atoms with Crippen molar-refractivity contribution in [1.82, 2.24) is 4.90 Å². The van der Waals surface area contributed by atoms with Gasteiger partial charge >= 0.3 is 12.1 Å². The van der Waals surface area contributed by atoms with Crippen molar-refractivity contribution >= 4 is 12.1 Å². The average molecular weight is 458 g/mol. The van der Waals surface area contributed by atoms with Crippen LogP contribution in [0.4, 0.5) is 4.79 Å². The number of carbonyl (C=O) groups is 2. The first-order chi connectivity index (χ1) is 14.9. The number of amides is 1. The van der Waals surface area contributed by atoms with E-state index in [1.807, 2.05) is 20.8 Å². The highest BCUT2D eigenvalue weighted by molar-refractivity contribution is 5.73. The maximum atomic E-state index is 13.2. The van der Waals surface area contributed by atoms with Crippen LogP contribution in [0.3, 0.4) is 0 Å². The largest absolute Gasteiger partial charge is 0.469 e. The maximum Gasteiger partial charge on any atom is 0.412 e. The topological polar surface area (TPSA) is 106 Å². The van der Waals surface area contributed by atoms with E-state index in [9.17, 15) is 19.8 Å². The smallest absolute Gasteiger partial charge is 0.412 e. The molecule has 1 saturated heterocycles. The number of hydrogen-bond acceptors (Lipinski definition) is 7. The van der Waals surface area contributed by atoms with Gasteiger partial charge < -0.3 is 24.4 Å². The molecule has 2 N–H and O–H groups in total. The lowest BCUT2D eigenvalue weighted by Gasteiger charge is -2.37. The van der Waals surface area contributed by atoms with Crippen LogP contribution in [-0.2, 0) is 19.0 Å². The molecule has 8 heteroatoms. The maximum absolute atomic E-state index is 13.2. The Labute approximate surface area is 192 Å². The van der Waals surface area contributed by atoms with Crippen LogP contribution in [0.25, 0.3) is 0 Å². The van der Waals surface area contributed by atoms with Gasteiger partial charge in [0, 0.05) is 6.61 Å². The third-order valence-corrected chi connectivity index (χ3v) is 6.53. The third kappa shape index (κ3) is 6.81. The summed E-state index contributed by atoms with van der Waals surface area (Å²) in [5.41, 5.74) is -1.68. The molecule has 186 valence electrons. The van der Waals surface area contributed by atoms with Crippen molar-refractivity contribution in [1.29, 1.82) is 0 Å². The van der Waals surface area contributed by atoms with E-state index in [1.165, 1.54) is 13.5 Å². The Morgan fingerprint density at radius 2 is 1.81 bits per heavy atom. The Kier molecular flexibility index (Phi) is 9.37. The van der Waals surface area contributed by atoms with Crippen molar-refractivity contribution in [3.63, 3.8) is 0 Å². The molecule has 4 atom stereocenters. The normalized spacial score (nSPS) is 25.9. The van der Waals surface area contributed by atoms with Crippen LogP contribution in [0.1, 0.15) is 86.0 Å². The summed E-state index contributed by atoms with van der Waals surface area (Å²) in [6.45, 7) is 8.95. The molecule has 1 aliphatic carbocycles. The van der Waals surface area contributed by atoms with Crippen molar-refractivity contribution in [3.8, 4) is 0 Å². The highest BCUT2D eigenvalue weighted by atomic mass is 16.6. The van der Waals surface area contributed by atoms with E-state index in [0.717, 1.165) is 25.7 Å². The van der Waals surface area contributed by atoms with Crippen molar-refractivity contribution in [2.75, 3.05) is 13.7 Å². The molecule has 2 rings (SSSR count). The predicted octanol–water partition coefficient (Wildman–Crippen LogP) is 3.62. The summed E-state index contributed by atoms with van der Waals surface area (Å²) in [7, 11) is 1.28. The van der Waals surface area contributed by atoms with E-state index in [2.05, 4.69) is 0 Å². The minimum absolute atomic E-state index is 0.0905. The number of aliphatic hydroxyl groups is 2. The van der Waals surface area contributed by atoms with Crippen LogP contribution in [0.2, 0.25) is 0 Å². The van der Waals surface area contributed by atoms with Crippen LogP contribution < -0.4 is 0 Å². The molecular weight excluding hydrogens is 414 g/mol. The fourth-order valence-electron chi connectivity index (χ4n) is 5.10. The molecule has 0 spiro atoms. The zero-order valence-electron chi connectivity index (χ0n) is 20.6. The van der Waals surface area contributed by atoms with E-state index in [1.54, 1.807) is 18.7 Å². The number of nitrogens with zero attached hydrogens (tertiary/aromatic N) is 1. The van der Waals surface area contributed by atoms with Gasteiger partial charge in [0.25, 0.3) is 0 Å². The quantitative estimate of drug-likeness (QED) is 0.536. The SMILES string of the molecule is COC(=O)C(CCCO)C(O)C1OC(C)(C)N(C(=O)OC(C)(C)C)[C@@H]1CC1CCCCC1. The highest BCUT2D eigenvalue weighted by Gasteiger charge is 2.55. The summed E-state index contributed by atoms with van der Waals surface area (Å²) in [4.78, 5) is 27.3. The minimum Gasteiger partial charge on any atom is -0.469 e. The third-order valence-electron chi connectivity index (χ3n) is 6.53. The second kappa shape index (κ2) is 11.2. The summed E-state index contributed by atoms with van der Waals surface area (Å²) >= 11 is 0. The van der Waals surface area contributed by atoms with Gasteiger partial charge in [-0.1, -0.05) is 32.1 Å². The van der Waals surface area contributed by atoms with Crippen LogP contribution in [0.5, 0.6) is 0 Å². The van der Waals surface area contributed by atoms with Gasteiger partial charge in [-0.25, -0.2) is 4.79 Å². The fourth-order valence-corrected chi connectivity index (χ4v) is 5.10. The Morgan fingerprint density at radius 3 is 2.34 bits per heavy atom. The van der Waals surface area contributed by atoms with Crippen molar-refractivity contribution in [2.24, 2.45) is 11.8 Å². The molecule has 0 aromatic rings. The Hall–Kier alpha value is -1.38. The number of esters is 1. The first-order valence-corrected chi connectivity index (χ1v) is 12.0. The lowest BCUT2D eigenvalue weighted by molar-refractivity contribution is -0.158. The standard InChI is InChI=1S/C24H43NO7/c1-23(2,3)32-22(29)25-18(15-16-11-8-7-9-12-16)20(31-24(25,4)5)19(27)17(13-10-14-26)21(28)30-6/h16-20,26-27H,7-15H2,1-6H3/t17?,18-,19?,20?/m1/s1. The van der Waals surface area contributed by atoms with Gasteiger partial charge in [-0.05, 0) is 59.8 Å². The van der Waals surface area contributed by atoms with Gasteiger partial charge in [-0.2, -0.15) is 0 Å². The number of hydrogen-bond donors (Lipinski definition) is 2. The monoisotopic (exact) mass is 457 g/mol. The Bertz CT molecular complexity index is 624. The van der Waals surface area contributed by atoms with Gasteiger partial charge in [-0.15, -0.1) is 0 Å². The van der Waals surface area contributed by atoms with Crippen molar-refractivity contribution in [2.45, 2.75) is 116 Å². The molecule has 32 heavy (non-hydrogen) atoms. The lowest BCUT2D eigenvalue weighted by Crippen LogP contribution is -2.52. The highest BCUT2D eigenvalue weighted by Crippen LogP contribution is 2.41. The van der Waals surface area contributed by atoms with Crippen LogP contribution in [0, 0.1) is 11.8 Å². The van der Waals surface area contributed by atoms with E-state index in [4.69, 9.17) is 14.2 Å². The van der Waals surface area contributed by atoms with E-state index < -0.39 is 47.6 Å². The number of methoxy groups -OCH3 is 1. The summed E-state index contributed by atoms with van der Waals surface area (Å²) in [5.74, 6) is -0.972. The van der Waals surface area contributed by atoms with Gasteiger partial charge in [-0.3, -0.25) is 9.69 Å². The molecule has 0 aromatic heterocycles. The van der Waals surface area contributed by atoms with E-state index >= 15 is 0 Å². The van der Waals surface area contributed by atoms with Gasteiger partial charge in [0.05, 0.1) is 25.2 Å². The number of aliphatic hydroxyl groups excluding tert-OH is 2. The molecule has 2 aliphatic rings. The van der Waals surface area contributed by atoms with Crippen LogP contribution >= 0.6 is 0 Å². The second-order valence-corrected chi connectivity index (χ2v) is 10.7. The molecule has 0 radical (unpaired) electrons. The zero-order valence-corrected chi connectivity index (χ0v) is 20.6. The predicted molar refractivity (Wildman–Crippen MR) is 120 cm³/mol. The van der Waals surface area contributed by atoms with Crippen LogP contribution in [0.15, 0.2) is 0 Å². The summed E-state index contributed by atoms with van der Waals surface area (Å²) in [6.07, 6.45) is 4.57. The Morgan fingerprint density at radius 1 is 1.19 bits per heavy atom. The minimum atomic E-state index is -1.17. The van der Waals surface area contributed by atoms with E-state index in [-0.39, 0.29) is 13.0 Å². The molecule has 8 nitrogen and oxygen atoms in total. The molecule has 1 amide bonds. The van der Waals surface area contributed by atoms with Crippen LogP contribution in [-0.4, -0.2) is 70.5 Å². The van der Waals surface area contributed by atoms with Gasteiger partial charge in [0.1, 0.15) is 17.4 Å². The second-order valence-electron chi connectivity index (χ2n) is 10.7. The van der Waals surface area contributed by atoms with Gasteiger partial charge in [0.15, 0.2) is 0 Å². The molecule has 0 bridgehead atoms. The molecule has 2 fully saturated rings. The molecule has 1 aliphatic heterocycles. The summed E-state index contributed by atoms with van der Waals surface area (Å²) in [5, 5.41) is 20.6. The summed E-state index contributed by atoms with van der Waals surface area (Å²) in [6, 6.07) is -0.431. The lowest BCUT2D eigenvalue weighted by atomic mass is 9.81. The number of rotatable bonds is 8. The molecule has 1 saturated carbocycles. The Balaban J connectivity index is 2.36. The molecular formula is C24H43NO7. The van der Waals surface area contributed by atoms with Gasteiger partial charge in [0.2, 0.25) is 0 Å².